The zero-order valence-corrected chi connectivity index (χ0v) is 15.6. The van der Waals surface area contributed by atoms with Crippen LogP contribution in [0.3, 0.4) is 0 Å². The van der Waals surface area contributed by atoms with Crippen LogP contribution in [0.4, 0.5) is 5.69 Å². The fraction of sp³-hybridized carbons (Fsp3) is 0.333. The zero-order valence-electron chi connectivity index (χ0n) is 14.0. The average Bonchev–Trinajstić information content (AvgIpc) is 3.17. The molecule has 1 aromatic carbocycles. The second-order valence-corrected chi connectivity index (χ2v) is 7.06. The largest absolute Gasteiger partial charge is 0.459 e. The number of quaternary nitrogens is 1. The van der Waals surface area contributed by atoms with Crippen LogP contribution in [0.2, 0.25) is 0 Å². The van der Waals surface area contributed by atoms with Crippen molar-refractivity contribution in [1.29, 1.82) is 0 Å². The molecule has 1 fully saturated rings. The summed E-state index contributed by atoms with van der Waals surface area (Å²) in [4.78, 5) is 27.7. The maximum absolute atomic E-state index is 12.5. The summed E-state index contributed by atoms with van der Waals surface area (Å²) in [6.45, 7) is 4.63. The number of nitrogens with one attached hydrogen (secondary N) is 2. The molecule has 1 aromatic heterocycles. The second-order valence-electron chi connectivity index (χ2n) is 6.15. The standard InChI is InChI=1S/C18H20BrN3O3/c1-13(17(23)20-15-6-4-14(19)5-7-15)21-8-10-22(11-9-21)18(24)16-3-2-12-25-16/h2-7,12-13H,8-11H2,1H3,(H,20,23)/p+1/t13-/m1/s1. The summed E-state index contributed by atoms with van der Waals surface area (Å²) in [6, 6.07) is 10.7. The van der Waals surface area contributed by atoms with E-state index in [2.05, 4.69) is 21.2 Å². The van der Waals surface area contributed by atoms with E-state index in [9.17, 15) is 9.59 Å². The van der Waals surface area contributed by atoms with Crippen molar-refractivity contribution in [3.8, 4) is 0 Å². The van der Waals surface area contributed by atoms with Crippen LogP contribution in [0, 0.1) is 0 Å². The minimum absolute atomic E-state index is 0.0110. The number of piperazine rings is 1. The first-order chi connectivity index (χ1) is 12.0. The summed E-state index contributed by atoms with van der Waals surface area (Å²) < 4.78 is 6.14. The molecule has 3 rings (SSSR count). The van der Waals surface area contributed by atoms with Gasteiger partial charge in [0.2, 0.25) is 0 Å². The number of hydrogen-bond acceptors (Lipinski definition) is 3. The Bertz CT molecular complexity index is 723. The molecule has 2 heterocycles. The second kappa shape index (κ2) is 7.84. The lowest BCUT2D eigenvalue weighted by Crippen LogP contribution is -3.19. The summed E-state index contributed by atoms with van der Waals surface area (Å²) >= 11 is 3.38. The van der Waals surface area contributed by atoms with E-state index in [0.29, 0.717) is 18.8 Å². The number of furan rings is 1. The van der Waals surface area contributed by atoms with E-state index in [1.807, 2.05) is 31.2 Å². The third kappa shape index (κ3) is 4.29. The van der Waals surface area contributed by atoms with Crippen LogP contribution >= 0.6 is 15.9 Å². The minimum atomic E-state index is -0.176. The Hall–Kier alpha value is -2.12. The van der Waals surface area contributed by atoms with Gasteiger partial charge in [0.1, 0.15) is 0 Å². The molecule has 1 aliphatic heterocycles. The van der Waals surface area contributed by atoms with Crippen molar-refractivity contribution in [2.45, 2.75) is 13.0 Å². The van der Waals surface area contributed by atoms with E-state index in [0.717, 1.165) is 23.2 Å². The molecule has 2 amide bonds. The molecule has 0 radical (unpaired) electrons. The van der Waals surface area contributed by atoms with Crippen LogP contribution < -0.4 is 10.2 Å². The highest BCUT2D eigenvalue weighted by Crippen LogP contribution is 2.14. The lowest BCUT2D eigenvalue weighted by Gasteiger charge is -2.34. The monoisotopic (exact) mass is 406 g/mol. The smallest absolute Gasteiger partial charge is 0.289 e. The molecule has 0 aliphatic carbocycles. The van der Waals surface area contributed by atoms with Gasteiger partial charge in [-0.1, -0.05) is 15.9 Å². The van der Waals surface area contributed by atoms with E-state index >= 15 is 0 Å². The van der Waals surface area contributed by atoms with E-state index in [-0.39, 0.29) is 17.9 Å². The molecule has 1 aliphatic rings. The van der Waals surface area contributed by atoms with Gasteiger partial charge in [0, 0.05) is 10.2 Å². The van der Waals surface area contributed by atoms with Gasteiger partial charge in [-0.25, -0.2) is 0 Å². The van der Waals surface area contributed by atoms with Gasteiger partial charge in [0.05, 0.1) is 32.4 Å². The van der Waals surface area contributed by atoms with Gasteiger partial charge in [-0.05, 0) is 43.3 Å². The van der Waals surface area contributed by atoms with E-state index in [1.54, 1.807) is 17.0 Å². The van der Waals surface area contributed by atoms with Gasteiger partial charge < -0.3 is 19.5 Å². The van der Waals surface area contributed by atoms with Gasteiger partial charge >= 0.3 is 0 Å². The Morgan fingerprint density at radius 3 is 2.48 bits per heavy atom. The van der Waals surface area contributed by atoms with Gasteiger partial charge in [-0.3, -0.25) is 9.59 Å². The summed E-state index contributed by atoms with van der Waals surface area (Å²) in [6.07, 6.45) is 1.50. The molecule has 1 atom stereocenters. The predicted molar refractivity (Wildman–Crippen MR) is 97.5 cm³/mol. The van der Waals surface area contributed by atoms with Crippen molar-refractivity contribution < 1.29 is 18.9 Å². The number of amides is 2. The van der Waals surface area contributed by atoms with Gasteiger partial charge in [0.25, 0.3) is 11.8 Å². The number of rotatable bonds is 4. The molecule has 2 N–H and O–H groups in total. The van der Waals surface area contributed by atoms with Crippen molar-refractivity contribution in [1.82, 2.24) is 4.90 Å². The van der Waals surface area contributed by atoms with Crippen LogP contribution in [0.1, 0.15) is 17.5 Å². The normalized spacial score (nSPS) is 16.5. The maximum Gasteiger partial charge on any atom is 0.289 e. The molecule has 2 aromatic rings. The third-order valence-electron chi connectivity index (χ3n) is 4.54. The Kier molecular flexibility index (Phi) is 5.55. The van der Waals surface area contributed by atoms with E-state index < -0.39 is 0 Å². The van der Waals surface area contributed by atoms with E-state index in [4.69, 9.17) is 4.42 Å². The van der Waals surface area contributed by atoms with Gasteiger partial charge in [-0.2, -0.15) is 0 Å². The molecule has 0 spiro atoms. The molecule has 132 valence electrons. The fourth-order valence-corrected chi connectivity index (χ4v) is 3.22. The summed E-state index contributed by atoms with van der Waals surface area (Å²) in [7, 11) is 0. The highest BCUT2D eigenvalue weighted by molar-refractivity contribution is 9.10. The molecular formula is C18H21BrN3O3+. The molecule has 0 unspecified atom stereocenters. The molecule has 25 heavy (non-hydrogen) atoms. The number of halogens is 1. The zero-order chi connectivity index (χ0) is 17.8. The van der Waals surface area contributed by atoms with Gasteiger partial charge in [0.15, 0.2) is 11.8 Å². The molecule has 0 saturated carbocycles. The Balaban J connectivity index is 1.52. The first-order valence-electron chi connectivity index (χ1n) is 8.28. The van der Waals surface area contributed by atoms with E-state index in [1.165, 1.54) is 11.2 Å². The Labute approximate surface area is 154 Å². The Morgan fingerprint density at radius 1 is 1.20 bits per heavy atom. The lowest BCUT2D eigenvalue weighted by molar-refractivity contribution is -0.917. The number of carbonyl (C=O) groups is 2. The molecule has 6 nitrogen and oxygen atoms in total. The van der Waals surface area contributed by atoms with Crippen LogP contribution in [0.5, 0.6) is 0 Å². The molecular weight excluding hydrogens is 386 g/mol. The first kappa shape index (κ1) is 17.7. The number of carbonyl (C=O) groups excluding carboxylic acids is 2. The third-order valence-corrected chi connectivity index (χ3v) is 5.07. The van der Waals surface area contributed by atoms with Crippen LogP contribution in [0.15, 0.2) is 51.6 Å². The van der Waals surface area contributed by atoms with Crippen LogP contribution in [-0.2, 0) is 4.79 Å². The van der Waals surface area contributed by atoms with Crippen molar-refractivity contribution in [2.24, 2.45) is 0 Å². The first-order valence-corrected chi connectivity index (χ1v) is 9.07. The quantitative estimate of drug-likeness (QED) is 0.806. The molecule has 0 bridgehead atoms. The highest BCUT2D eigenvalue weighted by atomic mass is 79.9. The molecule has 7 heteroatoms. The van der Waals surface area contributed by atoms with Crippen LogP contribution in [0.25, 0.3) is 0 Å². The summed E-state index contributed by atoms with van der Waals surface area (Å²) in [5.41, 5.74) is 0.783. The maximum atomic E-state index is 12.5. The number of nitrogens with zero attached hydrogens (tertiary/aromatic N) is 1. The predicted octanol–water partition coefficient (Wildman–Crippen LogP) is 1.41. The van der Waals surface area contributed by atoms with Crippen molar-refractivity contribution in [2.75, 3.05) is 31.5 Å². The SMILES string of the molecule is C[C@H](C(=O)Nc1ccc(Br)cc1)[NH+]1CCN(C(=O)c2ccco2)CC1. The van der Waals surface area contributed by atoms with Crippen LogP contribution in [-0.4, -0.2) is 48.9 Å². The fourth-order valence-electron chi connectivity index (χ4n) is 2.96. The lowest BCUT2D eigenvalue weighted by atomic mass is 10.2. The molecule has 1 saturated heterocycles. The van der Waals surface area contributed by atoms with Crippen molar-refractivity contribution in [3.05, 3.63) is 52.9 Å². The van der Waals surface area contributed by atoms with Crippen molar-refractivity contribution >= 4 is 33.4 Å². The number of benzene rings is 1. The number of anilines is 1. The van der Waals surface area contributed by atoms with Gasteiger partial charge in [-0.15, -0.1) is 0 Å². The van der Waals surface area contributed by atoms with Crippen molar-refractivity contribution in [3.63, 3.8) is 0 Å². The number of hydrogen-bond donors (Lipinski definition) is 2. The summed E-state index contributed by atoms with van der Waals surface area (Å²) in [5, 5.41) is 2.95. The highest BCUT2D eigenvalue weighted by Gasteiger charge is 2.31. The summed E-state index contributed by atoms with van der Waals surface area (Å²) in [5.74, 6) is 0.267. The average molecular weight is 407 g/mol. The minimum Gasteiger partial charge on any atom is -0.459 e. The topological polar surface area (TPSA) is 67.0 Å². The Morgan fingerprint density at radius 2 is 1.88 bits per heavy atom.